The topological polar surface area (TPSA) is 38.1 Å². The van der Waals surface area contributed by atoms with Crippen LogP contribution in [0.25, 0.3) is 67.3 Å². The quantitative estimate of drug-likeness (QED) is 0.0809. The van der Waals surface area contributed by atoms with Crippen LogP contribution in [0.3, 0.4) is 0 Å². The molecule has 0 saturated carbocycles. The van der Waals surface area contributed by atoms with Crippen LogP contribution in [0, 0.1) is 13.8 Å². The van der Waals surface area contributed by atoms with Gasteiger partial charge in [0.2, 0.25) is 0 Å². The summed E-state index contributed by atoms with van der Waals surface area (Å²) in [6.07, 6.45) is 12.7. The van der Waals surface area contributed by atoms with Gasteiger partial charge in [-0.25, -0.2) is 15.0 Å². The van der Waals surface area contributed by atoms with Gasteiger partial charge in [0.15, 0.2) is 5.82 Å². The van der Waals surface area contributed by atoms with E-state index >= 15 is 0 Å². The van der Waals surface area contributed by atoms with E-state index in [2.05, 4.69) is 204 Å². The summed E-state index contributed by atoms with van der Waals surface area (Å²) >= 11 is 0. The summed E-state index contributed by atoms with van der Waals surface area (Å²) in [4.78, 5) is 16.1. The van der Waals surface area contributed by atoms with Crippen LogP contribution in [-0.4, -0.2) is 15.7 Å². The Kier molecular flexibility index (Phi) is 13.5. The van der Waals surface area contributed by atoms with Gasteiger partial charge < -0.3 is 0 Å². The number of aromatic nitrogens is 2. The maximum atomic E-state index is 5.40. The number of aryl methyl sites for hydroxylation is 1. The minimum atomic E-state index is 0.630. The van der Waals surface area contributed by atoms with E-state index in [1.165, 1.54) is 0 Å². The molecule has 8 rings (SSSR count). The van der Waals surface area contributed by atoms with Gasteiger partial charge in [-0.2, -0.15) is 0 Å². The van der Waals surface area contributed by atoms with E-state index in [0.29, 0.717) is 17.9 Å². The highest BCUT2D eigenvalue weighted by Gasteiger charge is 2.18. The third-order valence-corrected chi connectivity index (χ3v) is 11.4. The predicted molar refractivity (Wildman–Crippen MR) is 273 cm³/mol. The Morgan fingerprint density at radius 2 is 1.05 bits per heavy atom. The van der Waals surface area contributed by atoms with Crippen molar-refractivity contribution in [2.75, 3.05) is 0 Å². The van der Waals surface area contributed by atoms with Crippen molar-refractivity contribution in [3.63, 3.8) is 0 Å². The normalized spacial score (nSPS) is 11.9. The molecule has 7 aromatic carbocycles. The fourth-order valence-electron chi connectivity index (χ4n) is 7.86. The van der Waals surface area contributed by atoms with Gasteiger partial charge in [0.1, 0.15) is 0 Å². The molecular weight excluding hydrogens is 775 g/mol. The lowest BCUT2D eigenvalue weighted by atomic mass is 9.91. The molecule has 1 aromatic heterocycles. The Balaban J connectivity index is 1.36. The van der Waals surface area contributed by atoms with Crippen LogP contribution in [0.2, 0.25) is 0 Å². The lowest BCUT2D eigenvalue weighted by Gasteiger charge is -2.16. The van der Waals surface area contributed by atoms with Crippen molar-refractivity contribution in [2.45, 2.75) is 27.2 Å². The van der Waals surface area contributed by atoms with Crippen molar-refractivity contribution in [3.8, 4) is 56.0 Å². The second kappa shape index (κ2) is 20.2. The van der Waals surface area contributed by atoms with Crippen LogP contribution in [0.15, 0.2) is 237 Å². The van der Waals surface area contributed by atoms with Crippen LogP contribution in [0.4, 0.5) is 0 Å². The van der Waals surface area contributed by atoms with E-state index in [1.807, 2.05) is 42.5 Å². The van der Waals surface area contributed by atoms with Gasteiger partial charge in [-0.15, -0.1) is 0 Å². The zero-order chi connectivity index (χ0) is 44.3. The van der Waals surface area contributed by atoms with Crippen LogP contribution in [-0.2, 0) is 6.42 Å². The van der Waals surface area contributed by atoms with Gasteiger partial charge in [-0.3, -0.25) is 0 Å². The molecule has 64 heavy (non-hydrogen) atoms. The minimum absolute atomic E-state index is 0.630. The molecule has 0 aliphatic carbocycles. The summed E-state index contributed by atoms with van der Waals surface area (Å²) < 4.78 is 0. The predicted octanol–water partition coefficient (Wildman–Crippen LogP) is 15.8. The lowest BCUT2D eigenvalue weighted by molar-refractivity contribution is 1.03. The van der Waals surface area contributed by atoms with Crippen molar-refractivity contribution < 1.29 is 0 Å². The molecule has 0 bridgehead atoms. The smallest absolute Gasteiger partial charge is 0.160 e. The average Bonchev–Trinajstić information content (AvgIpc) is 3.35. The first-order valence-corrected chi connectivity index (χ1v) is 21.7. The lowest BCUT2D eigenvalue weighted by Crippen LogP contribution is -2.04. The van der Waals surface area contributed by atoms with Crippen LogP contribution >= 0.6 is 0 Å². The molecule has 0 saturated heterocycles. The highest BCUT2D eigenvalue weighted by Crippen LogP contribution is 2.37. The SMILES string of the molecule is C=C/C=C\C=C/Cc1nc(-c2cc(C(=C)N=C(/C=C(\C)c3ccccc3)c3ccccc3)cc(-c3cc(-c4ccccc4)cc(-c4ccccc4)c3)c2)nc(-c2ccccc2C)c1C. The van der Waals surface area contributed by atoms with E-state index in [4.69, 9.17) is 15.0 Å². The maximum absolute atomic E-state index is 5.40. The molecule has 1 heterocycles. The Morgan fingerprint density at radius 1 is 0.531 bits per heavy atom. The van der Waals surface area contributed by atoms with Gasteiger partial charge in [-0.05, 0) is 119 Å². The molecule has 0 aliphatic rings. The fraction of sp³-hybridized carbons (Fsp3) is 0.0656. The first-order valence-electron chi connectivity index (χ1n) is 21.7. The maximum Gasteiger partial charge on any atom is 0.160 e. The molecule has 0 aliphatic heterocycles. The summed E-state index contributed by atoms with van der Waals surface area (Å²) in [5, 5.41) is 0. The summed E-state index contributed by atoms with van der Waals surface area (Å²) in [7, 11) is 0. The van der Waals surface area contributed by atoms with E-state index < -0.39 is 0 Å². The first-order chi connectivity index (χ1) is 31.3. The standard InChI is InChI=1S/C61H51N3/c1-6-7-8-9-22-35-58-45(4)60(57-34-24-23-25-43(57)2)64-61(63-58)56-38-51(46(5)62-59(50-32-20-13-21-33-50)36-44(3)47-26-14-10-15-27-47)37-54(42-56)55-40-52(48-28-16-11-17-29-48)39-53(41-55)49-30-18-12-19-31-49/h6-34,36-42H,1,5,35H2,2-4H3/b8-7-,22-9-,44-36+,62-59?. The van der Waals surface area contributed by atoms with E-state index in [1.54, 1.807) is 6.08 Å². The largest absolute Gasteiger partial charge is 0.248 e. The van der Waals surface area contributed by atoms with Crippen LogP contribution < -0.4 is 0 Å². The number of hydrogen-bond donors (Lipinski definition) is 0. The number of nitrogens with zero attached hydrogens (tertiary/aromatic N) is 3. The van der Waals surface area contributed by atoms with Gasteiger partial charge in [0.05, 0.1) is 22.8 Å². The number of rotatable bonds is 14. The second-order valence-corrected chi connectivity index (χ2v) is 15.9. The second-order valence-electron chi connectivity index (χ2n) is 15.9. The van der Waals surface area contributed by atoms with Crippen molar-refractivity contribution in [2.24, 2.45) is 4.99 Å². The van der Waals surface area contributed by atoms with Crippen molar-refractivity contribution >= 4 is 17.0 Å². The summed E-state index contributed by atoms with van der Waals surface area (Å²) in [5.41, 5.74) is 18.2. The number of benzene rings is 7. The zero-order valence-corrected chi connectivity index (χ0v) is 36.7. The molecule has 0 unspecified atom stereocenters. The third-order valence-electron chi connectivity index (χ3n) is 11.4. The van der Waals surface area contributed by atoms with E-state index in [9.17, 15) is 0 Å². The number of hydrogen-bond acceptors (Lipinski definition) is 3. The van der Waals surface area contributed by atoms with Crippen molar-refractivity contribution in [3.05, 3.63) is 265 Å². The monoisotopic (exact) mass is 825 g/mol. The van der Waals surface area contributed by atoms with E-state index in [-0.39, 0.29) is 0 Å². The highest BCUT2D eigenvalue weighted by molar-refractivity contribution is 6.14. The van der Waals surface area contributed by atoms with Gasteiger partial charge in [-0.1, -0.05) is 189 Å². The van der Waals surface area contributed by atoms with Crippen molar-refractivity contribution in [1.82, 2.24) is 9.97 Å². The summed E-state index contributed by atoms with van der Waals surface area (Å²) in [6.45, 7) is 14.9. The van der Waals surface area contributed by atoms with Crippen LogP contribution in [0.5, 0.6) is 0 Å². The molecule has 0 fully saturated rings. The van der Waals surface area contributed by atoms with Gasteiger partial charge >= 0.3 is 0 Å². The minimum Gasteiger partial charge on any atom is -0.248 e. The Labute approximate surface area is 378 Å². The number of allylic oxidation sites excluding steroid dienone is 7. The Morgan fingerprint density at radius 3 is 1.66 bits per heavy atom. The number of aliphatic imine (C=N–C) groups is 1. The molecule has 0 atom stereocenters. The summed E-state index contributed by atoms with van der Waals surface area (Å²) in [5.74, 6) is 0.638. The zero-order valence-electron chi connectivity index (χ0n) is 36.7. The Bertz CT molecular complexity index is 2990. The fourth-order valence-corrected chi connectivity index (χ4v) is 7.86. The highest BCUT2D eigenvalue weighted by atomic mass is 14.9. The van der Waals surface area contributed by atoms with E-state index in [0.717, 1.165) is 95.0 Å². The molecular formula is C61H51N3. The first kappa shape index (κ1) is 42.7. The van der Waals surface area contributed by atoms with Gasteiger partial charge in [0.25, 0.3) is 0 Å². The molecule has 310 valence electrons. The average molecular weight is 826 g/mol. The molecule has 0 N–H and O–H groups in total. The molecule has 8 aromatic rings. The third kappa shape index (κ3) is 10.2. The van der Waals surface area contributed by atoms with Gasteiger partial charge in [0, 0.05) is 28.7 Å². The molecule has 3 nitrogen and oxygen atoms in total. The molecule has 3 heteroatoms. The molecule has 0 amide bonds. The molecule has 0 radical (unpaired) electrons. The van der Waals surface area contributed by atoms with Crippen molar-refractivity contribution in [1.29, 1.82) is 0 Å². The Hall–Kier alpha value is -8.01. The summed E-state index contributed by atoms with van der Waals surface area (Å²) in [6, 6.07) is 63.7. The van der Waals surface area contributed by atoms with Crippen LogP contribution in [0.1, 0.15) is 40.4 Å². The molecule has 0 spiro atoms.